The Morgan fingerprint density at radius 1 is 1.18 bits per heavy atom. The lowest BCUT2D eigenvalue weighted by Crippen LogP contribution is -2.26. The van der Waals surface area contributed by atoms with E-state index in [0.29, 0.717) is 6.04 Å². The van der Waals surface area contributed by atoms with Gasteiger partial charge in [-0.1, -0.05) is 18.6 Å². The van der Waals surface area contributed by atoms with Crippen molar-refractivity contribution in [2.45, 2.75) is 25.3 Å². The van der Waals surface area contributed by atoms with E-state index in [1.165, 1.54) is 24.8 Å². The molecule has 1 aliphatic rings. The monoisotopic (exact) mass is 228 g/mol. The van der Waals surface area contributed by atoms with Crippen molar-refractivity contribution in [1.29, 1.82) is 0 Å². The van der Waals surface area contributed by atoms with Gasteiger partial charge in [0, 0.05) is 6.04 Å². The lowest BCUT2D eigenvalue weighted by atomic mass is 9.97. The molecule has 0 spiro atoms. The van der Waals surface area contributed by atoms with E-state index in [2.05, 4.69) is 39.7 Å². The van der Waals surface area contributed by atoms with E-state index in [9.17, 15) is 0 Å². The van der Waals surface area contributed by atoms with Gasteiger partial charge in [0.2, 0.25) is 0 Å². The molecule has 1 aliphatic heterocycles. The lowest BCUT2D eigenvalue weighted by molar-refractivity contribution is 0.412. The molecule has 1 unspecified atom stereocenters. The fourth-order valence-corrected chi connectivity index (χ4v) is 2.34. The van der Waals surface area contributed by atoms with Crippen LogP contribution in [-0.2, 0) is 0 Å². The zero-order valence-electron chi connectivity index (χ0n) is 9.71. The van der Waals surface area contributed by atoms with Gasteiger partial charge in [0.1, 0.15) is 12.7 Å². The second kappa shape index (κ2) is 4.67. The fourth-order valence-electron chi connectivity index (χ4n) is 2.34. The highest BCUT2D eigenvalue weighted by molar-refractivity contribution is 5.34. The van der Waals surface area contributed by atoms with Crippen LogP contribution >= 0.6 is 0 Å². The van der Waals surface area contributed by atoms with E-state index in [1.807, 2.05) is 0 Å². The lowest BCUT2D eigenvalue weighted by Gasteiger charge is -2.23. The number of rotatable bonds is 2. The van der Waals surface area contributed by atoms with Gasteiger partial charge in [0.15, 0.2) is 0 Å². The molecule has 2 aromatic rings. The zero-order valence-corrected chi connectivity index (χ0v) is 9.71. The molecule has 4 heteroatoms. The Kier molecular flexibility index (Phi) is 2.88. The molecule has 0 amide bonds. The number of nitrogens with one attached hydrogen (secondary N) is 1. The predicted molar refractivity (Wildman–Crippen MR) is 66.0 cm³/mol. The minimum Gasteiger partial charge on any atom is -0.310 e. The molecule has 1 atom stereocenters. The highest BCUT2D eigenvalue weighted by Gasteiger charge is 2.14. The summed E-state index contributed by atoms with van der Waals surface area (Å²) in [6.45, 7) is 1.13. The summed E-state index contributed by atoms with van der Waals surface area (Å²) in [5.41, 5.74) is 2.43. The molecule has 4 nitrogen and oxygen atoms in total. The standard InChI is InChI=1S/C13H16N4/c1-2-8-15-13(3-1)11-4-6-12(7-5-11)17-10-14-9-16-17/h4-7,9-10,13,15H,1-3,8H2. The molecule has 1 saturated heterocycles. The van der Waals surface area contributed by atoms with Crippen molar-refractivity contribution in [3.63, 3.8) is 0 Å². The molecule has 3 rings (SSSR count). The van der Waals surface area contributed by atoms with E-state index in [0.717, 1.165) is 12.2 Å². The molecule has 17 heavy (non-hydrogen) atoms. The zero-order chi connectivity index (χ0) is 11.5. The van der Waals surface area contributed by atoms with Crippen LogP contribution in [0.25, 0.3) is 5.69 Å². The van der Waals surface area contributed by atoms with Gasteiger partial charge in [-0.2, -0.15) is 5.10 Å². The van der Waals surface area contributed by atoms with Crippen molar-refractivity contribution in [2.75, 3.05) is 6.54 Å². The largest absolute Gasteiger partial charge is 0.310 e. The normalized spacial score (nSPS) is 20.4. The van der Waals surface area contributed by atoms with Crippen molar-refractivity contribution in [2.24, 2.45) is 0 Å². The van der Waals surface area contributed by atoms with Gasteiger partial charge in [0.05, 0.1) is 5.69 Å². The van der Waals surface area contributed by atoms with E-state index < -0.39 is 0 Å². The third-order valence-electron chi connectivity index (χ3n) is 3.29. The van der Waals surface area contributed by atoms with Crippen LogP contribution in [0.15, 0.2) is 36.9 Å². The first-order valence-electron chi connectivity index (χ1n) is 6.12. The van der Waals surface area contributed by atoms with Gasteiger partial charge >= 0.3 is 0 Å². The van der Waals surface area contributed by atoms with Crippen LogP contribution < -0.4 is 5.32 Å². The topological polar surface area (TPSA) is 42.7 Å². The summed E-state index contributed by atoms with van der Waals surface area (Å²) in [4.78, 5) is 3.95. The first-order chi connectivity index (χ1) is 8.43. The van der Waals surface area contributed by atoms with Crippen LogP contribution in [0.3, 0.4) is 0 Å². The van der Waals surface area contributed by atoms with E-state index in [4.69, 9.17) is 0 Å². The molecule has 0 saturated carbocycles. The second-order valence-electron chi connectivity index (χ2n) is 4.43. The minimum absolute atomic E-state index is 0.522. The summed E-state index contributed by atoms with van der Waals surface area (Å²) < 4.78 is 1.78. The molecule has 1 aromatic heterocycles. The Labute approximate surface area is 101 Å². The van der Waals surface area contributed by atoms with Crippen LogP contribution in [0, 0.1) is 0 Å². The minimum atomic E-state index is 0.522. The Bertz CT molecular complexity index is 455. The molecule has 1 N–H and O–H groups in total. The van der Waals surface area contributed by atoms with Crippen molar-refractivity contribution in [1.82, 2.24) is 20.1 Å². The molecule has 88 valence electrons. The maximum absolute atomic E-state index is 4.12. The van der Waals surface area contributed by atoms with Gasteiger partial charge in [-0.15, -0.1) is 0 Å². The van der Waals surface area contributed by atoms with Crippen LogP contribution in [0.4, 0.5) is 0 Å². The summed E-state index contributed by atoms with van der Waals surface area (Å²) in [7, 11) is 0. The van der Waals surface area contributed by atoms with Gasteiger partial charge in [-0.05, 0) is 37.1 Å². The summed E-state index contributed by atoms with van der Waals surface area (Å²) in [5, 5.41) is 7.67. The van der Waals surface area contributed by atoms with E-state index in [1.54, 1.807) is 17.3 Å². The van der Waals surface area contributed by atoms with E-state index in [-0.39, 0.29) is 0 Å². The quantitative estimate of drug-likeness (QED) is 0.855. The summed E-state index contributed by atoms with van der Waals surface area (Å²) in [5.74, 6) is 0. The van der Waals surface area contributed by atoms with Crippen LogP contribution in [0.1, 0.15) is 30.9 Å². The number of piperidine rings is 1. The Morgan fingerprint density at radius 3 is 2.71 bits per heavy atom. The van der Waals surface area contributed by atoms with Crippen molar-refractivity contribution in [3.8, 4) is 5.69 Å². The number of aromatic nitrogens is 3. The third-order valence-corrected chi connectivity index (χ3v) is 3.29. The first kappa shape index (κ1) is 10.5. The van der Waals surface area contributed by atoms with Crippen LogP contribution in [0.5, 0.6) is 0 Å². The Hall–Kier alpha value is -1.68. The predicted octanol–water partition coefficient (Wildman–Crippen LogP) is 2.08. The SMILES string of the molecule is c1ncn(-c2ccc(C3CCCCN3)cc2)n1. The number of hydrogen-bond acceptors (Lipinski definition) is 3. The second-order valence-corrected chi connectivity index (χ2v) is 4.43. The number of benzene rings is 1. The highest BCUT2D eigenvalue weighted by Crippen LogP contribution is 2.23. The van der Waals surface area contributed by atoms with Crippen molar-refractivity contribution in [3.05, 3.63) is 42.5 Å². The first-order valence-corrected chi connectivity index (χ1v) is 6.12. The van der Waals surface area contributed by atoms with Gasteiger partial charge < -0.3 is 5.32 Å². The summed E-state index contributed by atoms with van der Waals surface area (Å²) in [6, 6.07) is 9.08. The average Bonchev–Trinajstić information content (AvgIpc) is 2.94. The van der Waals surface area contributed by atoms with Crippen LogP contribution in [0.2, 0.25) is 0 Å². The Balaban J connectivity index is 1.80. The van der Waals surface area contributed by atoms with E-state index >= 15 is 0 Å². The van der Waals surface area contributed by atoms with Crippen LogP contribution in [-0.4, -0.2) is 21.3 Å². The molecular weight excluding hydrogens is 212 g/mol. The maximum Gasteiger partial charge on any atom is 0.138 e. The fraction of sp³-hybridized carbons (Fsp3) is 0.385. The summed E-state index contributed by atoms with van der Waals surface area (Å²) >= 11 is 0. The van der Waals surface area contributed by atoms with Crippen molar-refractivity contribution < 1.29 is 0 Å². The van der Waals surface area contributed by atoms with Gasteiger partial charge in [-0.3, -0.25) is 0 Å². The average molecular weight is 228 g/mol. The molecule has 2 heterocycles. The molecule has 0 bridgehead atoms. The Morgan fingerprint density at radius 2 is 2.06 bits per heavy atom. The smallest absolute Gasteiger partial charge is 0.138 e. The molecule has 1 aromatic carbocycles. The third kappa shape index (κ3) is 2.22. The summed E-state index contributed by atoms with van der Waals surface area (Å²) in [6.07, 6.45) is 7.13. The van der Waals surface area contributed by atoms with Gasteiger partial charge in [-0.25, -0.2) is 9.67 Å². The highest BCUT2D eigenvalue weighted by atomic mass is 15.3. The van der Waals surface area contributed by atoms with Crippen molar-refractivity contribution >= 4 is 0 Å². The maximum atomic E-state index is 4.12. The number of hydrogen-bond donors (Lipinski definition) is 1. The molecule has 1 fully saturated rings. The molecular formula is C13H16N4. The molecule has 0 aliphatic carbocycles. The molecule has 0 radical (unpaired) electrons. The van der Waals surface area contributed by atoms with Gasteiger partial charge in [0.25, 0.3) is 0 Å². The number of nitrogens with zero attached hydrogens (tertiary/aromatic N) is 3.